The summed E-state index contributed by atoms with van der Waals surface area (Å²) in [6.45, 7) is 5.47. The van der Waals surface area contributed by atoms with Crippen molar-refractivity contribution in [3.8, 4) is 0 Å². The number of hydrogen-bond acceptors (Lipinski definition) is 2. The van der Waals surface area contributed by atoms with Crippen molar-refractivity contribution in [1.29, 1.82) is 0 Å². The first-order chi connectivity index (χ1) is 8.20. The Morgan fingerprint density at radius 1 is 1.47 bits per heavy atom. The Morgan fingerprint density at radius 2 is 2.18 bits per heavy atom. The lowest BCUT2D eigenvalue weighted by molar-refractivity contribution is 0.380. The number of hydrogen-bond donors (Lipinski definition) is 1. The first-order valence-electron chi connectivity index (χ1n) is 6.95. The highest BCUT2D eigenvalue weighted by Crippen LogP contribution is 2.27. The molecule has 1 heterocycles. The molecular weight excluding hydrogens is 210 g/mol. The summed E-state index contributed by atoms with van der Waals surface area (Å²) >= 11 is 0. The van der Waals surface area contributed by atoms with Gasteiger partial charge < -0.3 is 5.32 Å². The van der Waals surface area contributed by atoms with Gasteiger partial charge in [0, 0.05) is 31.4 Å². The molecule has 0 saturated heterocycles. The molecule has 1 N–H and O–H groups in total. The summed E-state index contributed by atoms with van der Waals surface area (Å²) < 4.78 is 1.93. The van der Waals surface area contributed by atoms with Gasteiger partial charge in [0.05, 0.1) is 5.69 Å². The minimum atomic E-state index is 0.641. The summed E-state index contributed by atoms with van der Waals surface area (Å²) in [4.78, 5) is 0. The van der Waals surface area contributed by atoms with E-state index in [0.717, 1.165) is 18.9 Å². The lowest BCUT2D eigenvalue weighted by Crippen LogP contribution is -2.31. The third-order valence-electron chi connectivity index (χ3n) is 4.05. The molecule has 1 aromatic rings. The van der Waals surface area contributed by atoms with Gasteiger partial charge in [0.25, 0.3) is 0 Å². The van der Waals surface area contributed by atoms with Crippen LogP contribution in [0.5, 0.6) is 0 Å². The first kappa shape index (κ1) is 12.6. The average Bonchev–Trinajstić information content (AvgIpc) is 2.94. The van der Waals surface area contributed by atoms with E-state index >= 15 is 0 Å². The molecule has 1 fully saturated rings. The Bertz CT molecular complexity index is 350. The van der Waals surface area contributed by atoms with E-state index in [-0.39, 0.29) is 0 Å². The molecule has 3 heteroatoms. The topological polar surface area (TPSA) is 29.9 Å². The van der Waals surface area contributed by atoms with E-state index in [1.165, 1.54) is 36.9 Å². The molecule has 2 rings (SSSR count). The molecule has 0 aliphatic heterocycles. The molecule has 0 bridgehead atoms. The van der Waals surface area contributed by atoms with Gasteiger partial charge in [-0.25, -0.2) is 0 Å². The van der Waals surface area contributed by atoms with E-state index < -0.39 is 0 Å². The van der Waals surface area contributed by atoms with E-state index in [2.05, 4.69) is 30.5 Å². The summed E-state index contributed by atoms with van der Waals surface area (Å²) in [5.74, 6) is 0.886. The molecule has 0 aromatic carbocycles. The van der Waals surface area contributed by atoms with Crippen LogP contribution in [0.25, 0.3) is 0 Å². The third-order valence-corrected chi connectivity index (χ3v) is 4.05. The molecule has 0 unspecified atom stereocenters. The largest absolute Gasteiger partial charge is 0.310 e. The molecule has 3 nitrogen and oxygen atoms in total. The van der Waals surface area contributed by atoms with Crippen LogP contribution in [0.3, 0.4) is 0 Å². The van der Waals surface area contributed by atoms with Crippen molar-refractivity contribution in [2.45, 2.75) is 58.5 Å². The van der Waals surface area contributed by atoms with Crippen LogP contribution in [0.2, 0.25) is 0 Å². The lowest BCUT2D eigenvalue weighted by atomic mass is 9.99. The zero-order valence-electron chi connectivity index (χ0n) is 11.4. The second-order valence-electron chi connectivity index (χ2n) is 5.34. The lowest BCUT2D eigenvalue weighted by Gasteiger charge is -2.20. The van der Waals surface area contributed by atoms with Gasteiger partial charge in [-0.05, 0) is 32.1 Å². The van der Waals surface area contributed by atoms with Gasteiger partial charge in [-0.1, -0.05) is 19.8 Å². The Balaban J connectivity index is 1.87. The Morgan fingerprint density at radius 3 is 2.82 bits per heavy atom. The highest BCUT2D eigenvalue weighted by Gasteiger charge is 2.21. The van der Waals surface area contributed by atoms with Crippen molar-refractivity contribution in [3.63, 3.8) is 0 Å². The number of aryl methyl sites for hydroxylation is 2. The first-order valence-corrected chi connectivity index (χ1v) is 6.95. The van der Waals surface area contributed by atoms with Crippen molar-refractivity contribution >= 4 is 0 Å². The van der Waals surface area contributed by atoms with Gasteiger partial charge in [0.1, 0.15) is 0 Å². The summed E-state index contributed by atoms with van der Waals surface area (Å²) in [5, 5.41) is 8.16. The highest BCUT2D eigenvalue weighted by molar-refractivity contribution is 5.16. The third kappa shape index (κ3) is 3.09. The molecule has 0 amide bonds. The monoisotopic (exact) mass is 235 g/mol. The van der Waals surface area contributed by atoms with E-state index in [1.54, 1.807) is 0 Å². The van der Waals surface area contributed by atoms with Gasteiger partial charge in [-0.2, -0.15) is 5.10 Å². The summed E-state index contributed by atoms with van der Waals surface area (Å²) in [6, 6.07) is 0.641. The van der Waals surface area contributed by atoms with E-state index in [9.17, 15) is 0 Å². The van der Waals surface area contributed by atoms with Gasteiger partial charge in [0.2, 0.25) is 0 Å². The summed E-state index contributed by atoms with van der Waals surface area (Å²) in [7, 11) is 2.00. The van der Waals surface area contributed by atoms with Crippen LogP contribution >= 0.6 is 0 Å². The molecular formula is C14H25N3. The molecule has 1 aromatic heterocycles. The highest BCUT2D eigenvalue weighted by atomic mass is 15.3. The minimum absolute atomic E-state index is 0.641. The van der Waals surface area contributed by atoms with Crippen LogP contribution in [0, 0.1) is 5.92 Å². The molecule has 0 spiro atoms. The molecule has 1 aliphatic rings. The molecule has 1 aliphatic carbocycles. The maximum Gasteiger partial charge on any atom is 0.0666 e. The predicted molar refractivity (Wildman–Crippen MR) is 70.8 cm³/mol. The number of nitrogens with zero attached hydrogens (tertiary/aromatic N) is 2. The van der Waals surface area contributed by atoms with Crippen LogP contribution in [-0.2, 0) is 20.0 Å². The fourth-order valence-electron chi connectivity index (χ4n) is 2.92. The average molecular weight is 235 g/mol. The summed E-state index contributed by atoms with van der Waals surface area (Å²) in [6.07, 6.45) is 8.82. The van der Waals surface area contributed by atoms with Crippen molar-refractivity contribution < 1.29 is 0 Å². The fraction of sp³-hybridized carbons (Fsp3) is 0.786. The smallest absolute Gasteiger partial charge is 0.0666 e. The Labute approximate surface area is 105 Å². The molecule has 1 atom stereocenters. The van der Waals surface area contributed by atoms with Crippen LogP contribution in [0.1, 0.15) is 50.8 Å². The molecule has 17 heavy (non-hydrogen) atoms. The summed E-state index contributed by atoms with van der Waals surface area (Å²) in [5.41, 5.74) is 2.60. The van der Waals surface area contributed by atoms with Gasteiger partial charge in [-0.3, -0.25) is 4.68 Å². The van der Waals surface area contributed by atoms with Crippen molar-refractivity contribution in [2.75, 3.05) is 0 Å². The minimum Gasteiger partial charge on any atom is -0.310 e. The van der Waals surface area contributed by atoms with Gasteiger partial charge >= 0.3 is 0 Å². The van der Waals surface area contributed by atoms with Crippen molar-refractivity contribution in [1.82, 2.24) is 15.1 Å². The molecule has 1 saturated carbocycles. The molecule has 0 radical (unpaired) electrons. The SMILES string of the molecule is CCc1nn(C)cc1CN[C@H](C)C1CCCC1. The van der Waals surface area contributed by atoms with Crippen LogP contribution in [0.4, 0.5) is 0 Å². The molecule has 96 valence electrons. The van der Waals surface area contributed by atoms with E-state index in [1.807, 2.05) is 11.7 Å². The van der Waals surface area contributed by atoms with Gasteiger partial charge in [0.15, 0.2) is 0 Å². The maximum atomic E-state index is 4.48. The van der Waals surface area contributed by atoms with E-state index in [0.29, 0.717) is 6.04 Å². The van der Waals surface area contributed by atoms with Crippen molar-refractivity contribution in [2.24, 2.45) is 13.0 Å². The quantitative estimate of drug-likeness (QED) is 0.850. The standard InChI is InChI=1S/C14H25N3/c1-4-14-13(10-17(3)16-14)9-15-11(2)12-7-5-6-8-12/h10-12,15H,4-9H2,1-3H3/t11-/m1/s1. The normalized spacial score (nSPS) is 18.8. The second kappa shape index (κ2) is 5.67. The second-order valence-corrected chi connectivity index (χ2v) is 5.34. The van der Waals surface area contributed by atoms with E-state index in [4.69, 9.17) is 0 Å². The Hall–Kier alpha value is -0.830. The number of nitrogens with one attached hydrogen (secondary N) is 1. The number of aromatic nitrogens is 2. The fourth-order valence-corrected chi connectivity index (χ4v) is 2.92. The number of rotatable bonds is 5. The Kier molecular flexibility index (Phi) is 4.21. The van der Waals surface area contributed by atoms with Gasteiger partial charge in [-0.15, -0.1) is 0 Å². The van der Waals surface area contributed by atoms with Crippen LogP contribution in [-0.4, -0.2) is 15.8 Å². The predicted octanol–water partition coefficient (Wildman–Crippen LogP) is 2.65. The zero-order chi connectivity index (χ0) is 12.3. The van der Waals surface area contributed by atoms with Crippen LogP contribution in [0.15, 0.2) is 6.20 Å². The zero-order valence-corrected chi connectivity index (χ0v) is 11.4. The van der Waals surface area contributed by atoms with Crippen LogP contribution < -0.4 is 5.32 Å². The van der Waals surface area contributed by atoms with Crippen molar-refractivity contribution in [3.05, 3.63) is 17.5 Å². The maximum absolute atomic E-state index is 4.48.